The van der Waals surface area contributed by atoms with Gasteiger partial charge in [-0.2, -0.15) is 0 Å². The highest BCUT2D eigenvalue weighted by molar-refractivity contribution is 5.69. The van der Waals surface area contributed by atoms with Crippen LogP contribution in [0.15, 0.2) is 0 Å². The van der Waals surface area contributed by atoms with Crippen molar-refractivity contribution in [3.8, 4) is 0 Å². The van der Waals surface area contributed by atoms with Crippen LogP contribution in [-0.4, -0.2) is 59.4 Å². The number of carbonyl (C=O) groups is 1. The van der Waals surface area contributed by atoms with Gasteiger partial charge in [0.1, 0.15) is 24.9 Å². The molecule has 0 aliphatic heterocycles. The van der Waals surface area contributed by atoms with Gasteiger partial charge in [0.15, 0.2) is 0 Å². The zero-order valence-electron chi connectivity index (χ0n) is 20.2. The van der Waals surface area contributed by atoms with Crippen LogP contribution >= 0.6 is 0 Å². The standard InChI is InChI=1S/C25H50O6/c1-3-5-6-7-8-9-10-11-12-13-14-15-16-17-19-30-20-22(26)25(29)23(27)21-31-24(28)18-4-2/h22-23,25-27,29H,3-21H2,1-2H3/t22-,23+,25+/m0/s1. The van der Waals surface area contributed by atoms with Crippen LogP contribution < -0.4 is 0 Å². The van der Waals surface area contributed by atoms with E-state index in [9.17, 15) is 20.1 Å². The van der Waals surface area contributed by atoms with Gasteiger partial charge in [0.05, 0.1) is 6.61 Å². The fourth-order valence-electron chi connectivity index (χ4n) is 3.51. The van der Waals surface area contributed by atoms with Crippen molar-refractivity contribution in [1.29, 1.82) is 0 Å². The number of hydrogen-bond acceptors (Lipinski definition) is 6. The molecule has 6 nitrogen and oxygen atoms in total. The van der Waals surface area contributed by atoms with E-state index in [1.54, 1.807) is 0 Å². The quantitative estimate of drug-likeness (QED) is 0.152. The number of esters is 1. The van der Waals surface area contributed by atoms with E-state index >= 15 is 0 Å². The van der Waals surface area contributed by atoms with Gasteiger partial charge < -0.3 is 24.8 Å². The molecule has 0 aromatic rings. The average Bonchev–Trinajstić information content (AvgIpc) is 2.76. The van der Waals surface area contributed by atoms with E-state index < -0.39 is 24.3 Å². The molecule has 186 valence electrons. The summed E-state index contributed by atoms with van der Waals surface area (Å²) in [6.07, 6.45) is 15.2. The number of aliphatic hydroxyl groups is 3. The van der Waals surface area contributed by atoms with E-state index in [4.69, 9.17) is 9.47 Å². The molecule has 0 unspecified atom stereocenters. The lowest BCUT2D eigenvalue weighted by Gasteiger charge is -2.22. The average molecular weight is 447 g/mol. The molecule has 0 fully saturated rings. The third kappa shape index (κ3) is 19.7. The summed E-state index contributed by atoms with van der Waals surface area (Å²) >= 11 is 0. The van der Waals surface area contributed by atoms with Crippen molar-refractivity contribution in [2.75, 3.05) is 19.8 Å². The molecule has 0 aromatic carbocycles. The van der Waals surface area contributed by atoms with Crippen LogP contribution in [0.25, 0.3) is 0 Å². The molecule has 3 N–H and O–H groups in total. The molecule has 0 aliphatic rings. The van der Waals surface area contributed by atoms with Crippen LogP contribution in [0.5, 0.6) is 0 Å². The molecule has 3 atom stereocenters. The summed E-state index contributed by atoms with van der Waals surface area (Å²) in [6.45, 7) is 4.28. The number of rotatable bonds is 23. The Balaban J connectivity index is 3.43. The van der Waals surface area contributed by atoms with Crippen LogP contribution in [0.4, 0.5) is 0 Å². The molecule has 0 saturated carbocycles. The van der Waals surface area contributed by atoms with E-state index in [2.05, 4.69) is 6.92 Å². The maximum Gasteiger partial charge on any atom is 0.305 e. The monoisotopic (exact) mass is 446 g/mol. The minimum atomic E-state index is -1.40. The number of aliphatic hydroxyl groups excluding tert-OH is 3. The molecule has 0 aromatic heterocycles. The summed E-state index contributed by atoms with van der Waals surface area (Å²) in [4.78, 5) is 11.3. The lowest BCUT2D eigenvalue weighted by Crippen LogP contribution is -2.42. The smallest absolute Gasteiger partial charge is 0.305 e. The SMILES string of the molecule is CCCCCCCCCCCCCCCCOC[C@H](O)[C@@H](O)[C@H](O)COC(=O)CCC. The largest absolute Gasteiger partial charge is 0.463 e. The van der Waals surface area contributed by atoms with Crippen LogP contribution in [0, 0.1) is 0 Å². The molecule has 6 heteroatoms. The van der Waals surface area contributed by atoms with Gasteiger partial charge in [-0.15, -0.1) is 0 Å². The van der Waals surface area contributed by atoms with Gasteiger partial charge in [-0.25, -0.2) is 0 Å². The van der Waals surface area contributed by atoms with E-state index in [-0.39, 0.29) is 19.6 Å². The Hall–Kier alpha value is -0.690. The second-order valence-electron chi connectivity index (χ2n) is 8.73. The van der Waals surface area contributed by atoms with Crippen LogP contribution in [0.1, 0.15) is 117 Å². The summed E-state index contributed by atoms with van der Waals surface area (Å²) in [5, 5.41) is 29.6. The second kappa shape index (κ2) is 22.5. The van der Waals surface area contributed by atoms with Gasteiger partial charge >= 0.3 is 5.97 Å². The maximum absolute atomic E-state index is 11.3. The fraction of sp³-hybridized carbons (Fsp3) is 0.960. The lowest BCUT2D eigenvalue weighted by molar-refractivity contribution is -0.153. The molecule has 31 heavy (non-hydrogen) atoms. The van der Waals surface area contributed by atoms with E-state index in [1.165, 1.54) is 77.0 Å². The van der Waals surface area contributed by atoms with E-state index in [1.807, 2.05) is 6.92 Å². The van der Waals surface area contributed by atoms with Crippen molar-refractivity contribution >= 4 is 5.97 Å². The molecule has 0 heterocycles. The Morgan fingerprint density at radius 1 is 0.645 bits per heavy atom. The number of unbranched alkanes of at least 4 members (excludes halogenated alkanes) is 13. The number of hydrogen-bond donors (Lipinski definition) is 3. The van der Waals surface area contributed by atoms with Gasteiger partial charge in [-0.05, 0) is 12.8 Å². The molecule has 0 spiro atoms. The second-order valence-corrected chi connectivity index (χ2v) is 8.73. The van der Waals surface area contributed by atoms with Crippen molar-refractivity contribution in [3.63, 3.8) is 0 Å². The van der Waals surface area contributed by atoms with Gasteiger partial charge in [-0.1, -0.05) is 97.3 Å². The van der Waals surface area contributed by atoms with Crippen LogP contribution in [-0.2, 0) is 14.3 Å². The topological polar surface area (TPSA) is 96.2 Å². The van der Waals surface area contributed by atoms with Crippen LogP contribution in [0.2, 0.25) is 0 Å². The fourth-order valence-corrected chi connectivity index (χ4v) is 3.51. The third-order valence-corrected chi connectivity index (χ3v) is 5.59. The first kappa shape index (κ1) is 30.3. The van der Waals surface area contributed by atoms with Gasteiger partial charge in [0.2, 0.25) is 0 Å². The predicted octanol–water partition coefficient (Wildman–Crippen LogP) is 4.91. The van der Waals surface area contributed by atoms with Crippen molar-refractivity contribution in [1.82, 2.24) is 0 Å². The normalized spacial score (nSPS) is 14.4. The van der Waals surface area contributed by atoms with E-state index in [0.29, 0.717) is 13.0 Å². The van der Waals surface area contributed by atoms with Crippen molar-refractivity contribution in [2.45, 2.75) is 135 Å². The molecular formula is C25H50O6. The van der Waals surface area contributed by atoms with Crippen LogP contribution in [0.3, 0.4) is 0 Å². The maximum atomic E-state index is 11.3. The summed E-state index contributed by atoms with van der Waals surface area (Å²) in [7, 11) is 0. The highest BCUT2D eigenvalue weighted by Gasteiger charge is 2.25. The van der Waals surface area contributed by atoms with Gasteiger partial charge in [0, 0.05) is 13.0 Å². The van der Waals surface area contributed by atoms with E-state index in [0.717, 1.165) is 12.8 Å². The highest BCUT2D eigenvalue weighted by Crippen LogP contribution is 2.13. The molecule has 0 aliphatic carbocycles. The Labute approximate surface area is 190 Å². The molecule has 0 saturated heterocycles. The zero-order chi connectivity index (χ0) is 23.2. The lowest BCUT2D eigenvalue weighted by atomic mass is 10.0. The van der Waals surface area contributed by atoms with Crippen molar-refractivity contribution in [2.24, 2.45) is 0 Å². The molecule has 0 bridgehead atoms. The Kier molecular flexibility index (Phi) is 22.0. The highest BCUT2D eigenvalue weighted by atomic mass is 16.5. The number of ether oxygens (including phenoxy) is 2. The third-order valence-electron chi connectivity index (χ3n) is 5.59. The molecular weight excluding hydrogens is 396 g/mol. The first-order valence-electron chi connectivity index (χ1n) is 12.8. The molecule has 0 amide bonds. The zero-order valence-corrected chi connectivity index (χ0v) is 20.2. The summed E-state index contributed by atoms with van der Waals surface area (Å²) < 4.78 is 10.3. The summed E-state index contributed by atoms with van der Waals surface area (Å²) in [6, 6.07) is 0. The Morgan fingerprint density at radius 3 is 1.58 bits per heavy atom. The van der Waals surface area contributed by atoms with Crippen molar-refractivity contribution in [3.05, 3.63) is 0 Å². The number of carbonyl (C=O) groups excluding carboxylic acids is 1. The minimum Gasteiger partial charge on any atom is -0.463 e. The Bertz CT molecular complexity index is 390. The minimum absolute atomic E-state index is 0.0421. The first-order chi connectivity index (χ1) is 15.0. The predicted molar refractivity (Wildman–Crippen MR) is 125 cm³/mol. The van der Waals surface area contributed by atoms with Gasteiger partial charge in [-0.3, -0.25) is 4.79 Å². The first-order valence-corrected chi connectivity index (χ1v) is 12.8. The van der Waals surface area contributed by atoms with Gasteiger partial charge in [0.25, 0.3) is 0 Å². The van der Waals surface area contributed by atoms with Crippen molar-refractivity contribution < 1.29 is 29.6 Å². The summed E-state index contributed by atoms with van der Waals surface area (Å²) in [5.74, 6) is -0.419. The summed E-state index contributed by atoms with van der Waals surface area (Å²) in [5.41, 5.74) is 0. The molecule has 0 radical (unpaired) electrons. The Morgan fingerprint density at radius 2 is 1.10 bits per heavy atom. The molecule has 0 rings (SSSR count).